The van der Waals surface area contributed by atoms with E-state index in [2.05, 4.69) is 0 Å². The summed E-state index contributed by atoms with van der Waals surface area (Å²) in [5, 5.41) is 18.4. The van der Waals surface area contributed by atoms with Crippen molar-refractivity contribution < 1.29 is 19.8 Å². The van der Waals surface area contributed by atoms with E-state index in [-0.39, 0.29) is 11.7 Å². The summed E-state index contributed by atoms with van der Waals surface area (Å²) in [6, 6.07) is 4.88. The van der Waals surface area contributed by atoms with Crippen LogP contribution >= 0.6 is 11.8 Å². The minimum atomic E-state index is -0.993. The van der Waals surface area contributed by atoms with Crippen molar-refractivity contribution in [1.82, 2.24) is 4.90 Å². The third-order valence-corrected chi connectivity index (χ3v) is 4.43. The van der Waals surface area contributed by atoms with Crippen LogP contribution in [0.4, 0.5) is 0 Å². The lowest BCUT2D eigenvalue weighted by Gasteiger charge is -2.34. The lowest BCUT2D eigenvalue weighted by molar-refractivity contribution is -0.149. The molecule has 0 radical (unpaired) electrons. The third kappa shape index (κ3) is 3.89. The highest BCUT2D eigenvalue weighted by Crippen LogP contribution is 2.18. The van der Waals surface area contributed by atoms with Crippen molar-refractivity contribution >= 4 is 23.6 Å². The number of amides is 1. The molecule has 21 heavy (non-hydrogen) atoms. The summed E-state index contributed by atoms with van der Waals surface area (Å²) in [6.07, 6.45) is 0.315. The molecule has 1 aromatic carbocycles. The molecule has 2 rings (SSSR count). The van der Waals surface area contributed by atoms with E-state index >= 15 is 0 Å². The predicted octanol–water partition coefficient (Wildman–Crippen LogP) is 0.291. The summed E-state index contributed by atoms with van der Waals surface area (Å²) in [5.74, 6) is -0.0603. The SMILES string of the molecule is N[C@H](Cc1ccc(O)cc1)C(=O)N1CCSCC1C(=O)O. The molecular formula is C14H18N2O4S. The third-order valence-electron chi connectivity index (χ3n) is 3.41. The van der Waals surface area contributed by atoms with Gasteiger partial charge in [0.15, 0.2) is 0 Å². The van der Waals surface area contributed by atoms with E-state index in [1.807, 2.05) is 0 Å². The number of rotatable bonds is 4. The van der Waals surface area contributed by atoms with E-state index in [9.17, 15) is 19.8 Å². The average Bonchev–Trinajstić information content (AvgIpc) is 2.48. The predicted molar refractivity (Wildman–Crippen MR) is 80.2 cm³/mol. The zero-order valence-electron chi connectivity index (χ0n) is 11.4. The molecule has 0 aromatic heterocycles. The minimum absolute atomic E-state index is 0.151. The zero-order chi connectivity index (χ0) is 15.4. The van der Waals surface area contributed by atoms with E-state index in [1.165, 1.54) is 28.8 Å². The van der Waals surface area contributed by atoms with Crippen LogP contribution in [0, 0.1) is 0 Å². The summed E-state index contributed by atoms with van der Waals surface area (Å²) < 4.78 is 0. The number of nitrogens with zero attached hydrogens (tertiary/aromatic N) is 1. The highest BCUT2D eigenvalue weighted by Gasteiger charge is 2.34. The van der Waals surface area contributed by atoms with E-state index in [1.54, 1.807) is 12.1 Å². The molecule has 0 bridgehead atoms. The molecule has 1 fully saturated rings. The highest BCUT2D eigenvalue weighted by atomic mass is 32.2. The number of carboxylic acids is 1. The van der Waals surface area contributed by atoms with Crippen LogP contribution in [0.5, 0.6) is 5.75 Å². The zero-order valence-corrected chi connectivity index (χ0v) is 12.3. The van der Waals surface area contributed by atoms with E-state index in [0.29, 0.717) is 18.7 Å². The van der Waals surface area contributed by atoms with Gasteiger partial charge < -0.3 is 20.8 Å². The maximum absolute atomic E-state index is 12.4. The average molecular weight is 310 g/mol. The molecule has 1 amide bonds. The Morgan fingerprint density at radius 2 is 2.05 bits per heavy atom. The molecule has 1 saturated heterocycles. The van der Waals surface area contributed by atoms with Crippen molar-refractivity contribution in [3.8, 4) is 5.75 Å². The fraction of sp³-hybridized carbons (Fsp3) is 0.429. The number of nitrogens with two attached hydrogens (primary N) is 1. The van der Waals surface area contributed by atoms with E-state index in [4.69, 9.17) is 5.73 Å². The van der Waals surface area contributed by atoms with Gasteiger partial charge in [-0.15, -0.1) is 0 Å². The van der Waals surface area contributed by atoms with Gasteiger partial charge in [-0.25, -0.2) is 4.79 Å². The van der Waals surface area contributed by atoms with Crippen LogP contribution in [0.2, 0.25) is 0 Å². The van der Waals surface area contributed by atoms with Gasteiger partial charge in [0.2, 0.25) is 5.91 Å². The number of carbonyl (C=O) groups is 2. The maximum atomic E-state index is 12.4. The smallest absolute Gasteiger partial charge is 0.327 e. The van der Waals surface area contributed by atoms with Crippen LogP contribution in [0.25, 0.3) is 0 Å². The van der Waals surface area contributed by atoms with Crippen molar-refractivity contribution in [2.45, 2.75) is 18.5 Å². The summed E-state index contributed by atoms with van der Waals surface area (Å²) in [4.78, 5) is 24.9. The fourth-order valence-electron chi connectivity index (χ4n) is 2.26. The summed E-state index contributed by atoms with van der Waals surface area (Å²) in [6.45, 7) is 0.406. The lowest BCUT2D eigenvalue weighted by atomic mass is 10.0. The number of phenolic OH excluding ortho intramolecular Hbond substituents is 1. The molecule has 1 aliphatic rings. The molecule has 0 spiro atoms. The number of carboxylic acid groups (broad SMARTS) is 1. The molecule has 1 aliphatic heterocycles. The second-order valence-corrected chi connectivity index (χ2v) is 6.09. The number of aliphatic carboxylic acids is 1. The Bertz CT molecular complexity index is 520. The molecule has 2 atom stereocenters. The number of thioether (sulfide) groups is 1. The minimum Gasteiger partial charge on any atom is -0.508 e. The van der Waals surface area contributed by atoms with Gasteiger partial charge in [0.1, 0.15) is 11.8 Å². The Kier molecular flexibility index (Phi) is 5.08. The number of benzene rings is 1. The molecular weight excluding hydrogens is 292 g/mol. The summed E-state index contributed by atoms with van der Waals surface area (Å²) in [5.41, 5.74) is 6.75. The van der Waals surface area contributed by atoms with Crippen LogP contribution in [0.3, 0.4) is 0 Å². The first-order chi connectivity index (χ1) is 9.99. The second kappa shape index (κ2) is 6.82. The number of phenols is 1. The summed E-state index contributed by atoms with van der Waals surface area (Å²) >= 11 is 1.53. The first-order valence-corrected chi connectivity index (χ1v) is 7.79. The van der Waals surface area contributed by atoms with Crippen molar-refractivity contribution in [2.75, 3.05) is 18.1 Å². The van der Waals surface area contributed by atoms with E-state index < -0.39 is 18.1 Å². The Morgan fingerprint density at radius 3 is 2.67 bits per heavy atom. The molecule has 1 unspecified atom stereocenters. The normalized spacial score (nSPS) is 20.0. The van der Waals surface area contributed by atoms with Crippen LogP contribution in [-0.4, -0.2) is 57.1 Å². The standard InChI is InChI=1S/C14H18N2O4S/c15-11(7-9-1-3-10(17)4-2-9)13(18)16-5-6-21-8-12(16)14(19)20/h1-4,11-12,17H,5-8,15H2,(H,19,20)/t11-,12?/m1/s1. The van der Waals surface area contributed by atoms with Gasteiger partial charge in [0.05, 0.1) is 6.04 Å². The van der Waals surface area contributed by atoms with Gasteiger partial charge in [-0.3, -0.25) is 4.79 Å². The van der Waals surface area contributed by atoms with Crippen molar-refractivity contribution in [1.29, 1.82) is 0 Å². The number of carbonyl (C=O) groups excluding carboxylic acids is 1. The number of aromatic hydroxyl groups is 1. The number of hydrogen-bond donors (Lipinski definition) is 3. The Balaban J connectivity index is 2.03. The molecule has 1 heterocycles. The fourth-order valence-corrected chi connectivity index (χ4v) is 3.30. The maximum Gasteiger partial charge on any atom is 0.327 e. The van der Waals surface area contributed by atoms with Gasteiger partial charge in [-0.05, 0) is 24.1 Å². The van der Waals surface area contributed by atoms with Crippen molar-refractivity contribution in [3.05, 3.63) is 29.8 Å². The highest BCUT2D eigenvalue weighted by molar-refractivity contribution is 7.99. The van der Waals surface area contributed by atoms with Crippen molar-refractivity contribution in [3.63, 3.8) is 0 Å². The van der Waals surface area contributed by atoms with Crippen LogP contribution < -0.4 is 5.73 Å². The lowest BCUT2D eigenvalue weighted by Crippen LogP contribution is -2.55. The first kappa shape index (κ1) is 15.7. The van der Waals surface area contributed by atoms with Crippen LogP contribution in [-0.2, 0) is 16.0 Å². The topological polar surface area (TPSA) is 104 Å². The Morgan fingerprint density at radius 1 is 1.38 bits per heavy atom. The van der Waals surface area contributed by atoms with Gasteiger partial charge in [-0.1, -0.05) is 12.1 Å². The largest absolute Gasteiger partial charge is 0.508 e. The van der Waals surface area contributed by atoms with Gasteiger partial charge in [0, 0.05) is 18.1 Å². The number of hydrogen-bond acceptors (Lipinski definition) is 5. The van der Waals surface area contributed by atoms with Gasteiger partial charge in [0.25, 0.3) is 0 Å². The Hall–Kier alpha value is -1.73. The Labute approximate surface area is 126 Å². The molecule has 6 nitrogen and oxygen atoms in total. The molecule has 0 saturated carbocycles. The molecule has 7 heteroatoms. The van der Waals surface area contributed by atoms with Crippen molar-refractivity contribution in [2.24, 2.45) is 5.73 Å². The quantitative estimate of drug-likeness (QED) is 0.738. The second-order valence-electron chi connectivity index (χ2n) is 4.94. The molecule has 114 valence electrons. The monoisotopic (exact) mass is 310 g/mol. The molecule has 4 N–H and O–H groups in total. The van der Waals surface area contributed by atoms with Crippen LogP contribution in [0.1, 0.15) is 5.56 Å². The van der Waals surface area contributed by atoms with Gasteiger partial charge >= 0.3 is 5.97 Å². The van der Waals surface area contributed by atoms with Crippen LogP contribution in [0.15, 0.2) is 24.3 Å². The first-order valence-electron chi connectivity index (χ1n) is 6.63. The summed E-state index contributed by atoms with van der Waals surface area (Å²) in [7, 11) is 0. The van der Waals surface area contributed by atoms with Gasteiger partial charge in [-0.2, -0.15) is 11.8 Å². The molecule has 1 aromatic rings. The van der Waals surface area contributed by atoms with E-state index in [0.717, 1.165) is 11.3 Å². The molecule has 0 aliphatic carbocycles.